The standard InChI is InChI=1S/C21H21FN4O2S/c1-15(19(27)16-7-9-17(22)10-8-16)29-21-24-23-20(25-11-13-28-14-12-25)26(21)18-5-3-2-4-6-18/h2-10,15H,11-14H2,1H3. The molecule has 0 amide bonds. The molecule has 6 nitrogen and oxygen atoms in total. The summed E-state index contributed by atoms with van der Waals surface area (Å²) in [5.41, 5.74) is 1.41. The van der Waals surface area contributed by atoms with Gasteiger partial charge < -0.3 is 9.64 Å². The van der Waals surface area contributed by atoms with Gasteiger partial charge in [-0.15, -0.1) is 10.2 Å². The number of hydrogen-bond donors (Lipinski definition) is 0. The summed E-state index contributed by atoms with van der Waals surface area (Å²) in [6, 6.07) is 15.5. The molecule has 1 aliphatic heterocycles. The molecule has 2 heterocycles. The number of hydrogen-bond acceptors (Lipinski definition) is 6. The van der Waals surface area contributed by atoms with Crippen LogP contribution in [0.1, 0.15) is 17.3 Å². The molecule has 1 unspecified atom stereocenters. The smallest absolute Gasteiger partial charge is 0.232 e. The van der Waals surface area contributed by atoms with Gasteiger partial charge in [-0.1, -0.05) is 30.0 Å². The summed E-state index contributed by atoms with van der Waals surface area (Å²) in [5.74, 6) is 0.301. The molecule has 0 radical (unpaired) electrons. The Morgan fingerprint density at radius 3 is 2.45 bits per heavy atom. The van der Waals surface area contributed by atoms with Crippen LogP contribution in [-0.2, 0) is 4.74 Å². The normalized spacial score (nSPS) is 15.3. The molecular formula is C21H21FN4O2S. The highest BCUT2D eigenvalue weighted by molar-refractivity contribution is 8.00. The number of carbonyl (C=O) groups excluding carboxylic acids is 1. The van der Waals surface area contributed by atoms with E-state index in [1.807, 2.05) is 41.8 Å². The van der Waals surface area contributed by atoms with Crippen LogP contribution >= 0.6 is 11.8 Å². The molecule has 1 aliphatic rings. The molecule has 1 saturated heterocycles. The van der Waals surface area contributed by atoms with Crippen molar-refractivity contribution in [3.8, 4) is 5.69 Å². The van der Waals surface area contributed by atoms with Crippen LogP contribution < -0.4 is 4.90 Å². The summed E-state index contributed by atoms with van der Waals surface area (Å²) < 4.78 is 20.6. The largest absolute Gasteiger partial charge is 0.378 e. The fourth-order valence-corrected chi connectivity index (χ4v) is 4.11. The number of halogens is 1. The Morgan fingerprint density at radius 1 is 1.07 bits per heavy atom. The molecule has 4 rings (SSSR count). The van der Waals surface area contributed by atoms with Crippen LogP contribution in [0.15, 0.2) is 59.8 Å². The average Bonchev–Trinajstić information content (AvgIpc) is 3.18. The van der Waals surface area contributed by atoms with Gasteiger partial charge in [-0.05, 0) is 43.3 Å². The number of anilines is 1. The summed E-state index contributed by atoms with van der Waals surface area (Å²) in [6.07, 6.45) is 0. The Bertz CT molecular complexity index is 972. The summed E-state index contributed by atoms with van der Waals surface area (Å²) in [7, 11) is 0. The van der Waals surface area contributed by atoms with E-state index in [9.17, 15) is 9.18 Å². The lowest BCUT2D eigenvalue weighted by molar-refractivity contribution is 0.0994. The molecule has 0 N–H and O–H groups in total. The first kappa shape index (κ1) is 19.6. The van der Waals surface area contributed by atoms with Crippen molar-refractivity contribution in [2.45, 2.75) is 17.3 Å². The molecule has 0 spiro atoms. The van der Waals surface area contributed by atoms with Gasteiger partial charge in [0, 0.05) is 18.7 Å². The lowest BCUT2D eigenvalue weighted by Gasteiger charge is -2.28. The second-order valence-electron chi connectivity index (χ2n) is 6.68. The van der Waals surface area contributed by atoms with E-state index in [1.54, 1.807) is 0 Å². The SMILES string of the molecule is CC(Sc1nnc(N2CCOCC2)n1-c1ccccc1)C(=O)c1ccc(F)cc1. The van der Waals surface area contributed by atoms with Gasteiger partial charge in [0.05, 0.1) is 24.2 Å². The molecule has 0 aliphatic carbocycles. The maximum absolute atomic E-state index is 13.2. The lowest BCUT2D eigenvalue weighted by Crippen LogP contribution is -2.37. The first-order valence-electron chi connectivity index (χ1n) is 9.43. The van der Waals surface area contributed by atoms with Crippen LogP contribution in [0.3, 0.4) is 0 Å². The Balaban J connectivity index is 1.63. The van der Waals surface area contributed by atoms with Crippen LogP contribution in [0.2, 0.25) is 0 Å². The first-order valence-corrected chi connectivity index (χ1v) is 10.3. The lowest BCUT2D eigenvalue weighted by atomic mass is 10.1. The number of ether oxygens (including phenoxy) is 1. The first-order chi connectivity index (χ1) is 14.1. The van der Waals surface area contributed by atoms with E-state index in [-0.39, 0.29) is 11.6 Å². The van der Waals surface area contributed by atoms with Crippen LogP contribution in [0, 0.1) is 5.82 Å². The fraction of sp³-hybridized carbons (Fsp3) is 0.286. The molecule has 29 heavy (non-hydrogen) atoms. The Hall–Kier alpha value is -2.71. The summed E-state index contributed by atoms with van der Waals surface area (Å²) in [4.78, 5) is 14.9. The summed E-state index contributed by atoms with van der Waals surface area (Å²) in [5, 5.41) is 9.03. The van der Waals surface area contributed by atoms with Crippen molar-refractivity contribution in [1.82, 2.24) is 14.8 Å². The number of benzene rings is 2. The molecule has 1 atom stereocenters. The van der Waals surface area contributed by atoms with E-state index in [4.69, 9.17) is 4.74 Å². The molecule has 3 aromatic rings. The number of nitrogens with zero attached hydrogens (tertiary/aromatic N) is 4. The van der Waals surface area contributed by atoms with Crippen molar-refractivity contribution >= 4 is 23.5 Å². The second-order valence-corrected chi connectivity index (χ2v) is 7.99. The minimum atomic E-state index is -0.398. The van der Waals surface area contributed by atoms with Crippen molar-refractivity contribution in [2.75, 3.05) is 31.2 Å². The van der Waals surface area contributed by atoms with Crippen LogP contribution in [0.5, 0.6) is 0 Å². The zero-order valence-electron chi connectivity index (χ0n) is 16.0. The maximum Gasteiger partial charge on any atom is 0.232 e. The van der Waals surface area contributed by atoms with Gasteiger partial charge in [0.2, 0.25) is 5.95 Å². The molecular weight excluding hydrogens is 391 g/mol. The van der Waals surface area contributed by atoms with E-state index >= 15 is 0 Å². The third kappa shape index (κ3) is 4.33. The maximum atomic E-state index is 13.2. The van der Waals surface area contributed by atoms with Crippen molar-refractivity contribution in [3.63, 3.8) is 0 Å². The van der Waals surface area contributed by atoms with E-state index in [0.717, 1.165) is 24.7 Å². The number of thioether (sulfide) groups is 1. The molecule has 150 valence electrons. The average molecular weight is 412 g/mol. The zero-order chi connectivity index (χ0) is 20.2. The van der Waals surface area contributed by atoms with Gasteiger partial charge in [0.15, 0.2) is 10.9 Å². The molecule has 1 aromatic heterocycles. The van der Waals surface area contributed by atoms with Crippen molar-refractivity contribution < 1.29 is 13.9 Å². The van der Waals surface area contributed by atoms with Gasteiger partial charge in [0.25, 0.3) is 0 Å². The van der Waals surface area contributed by atoms with Crippen LogP contribution in [-0.4, -0.2) is 52.1 Å². The van der Waals surface area contributed by atoms with Crippen LogP contribution in [0.4, 0.5) is 10.3 Å². The third-order valence-electron chi connectivity index (χ3n) is 4.70. The Kier molecular flexibility index (Phi) is 5.92. The number of carbonyl (C=O) groups is 1. The predicted molar refractivity (Wildman–Crippen MR) is 110 cm³/mol. The predicted octanol–water partition coefficient (Wildman–Crippen LogP) is 3.61. The topological polar surface area (TPSA) is 60.2 Å². The molecule has 1 fully saturated rings. The minimum absolute atomic E-state index is 0.0782. The van der Waals surface area contributed by atoms with E-state index in [1.165, 1.54) is 36.0 Å². The van der Waals surface area contributed by atoms with E-state index in [2.05, 4.69) is 15.1 Å². The van der Waals surface area contributed by atoms with E-state index < -0.39 is 5.25 Å². The molecule has 2 aromatic carbocycles. The number of para-hydroxylation sites is 1. The fourth-order valence-electron chi connectivity index (χ4n) is 3.17. The van der Waals surface area contributed by atoms with Crippen LogP contribution in [0.25, 0.3) is 5.69 Å². The molecule has 8 heteroatoms. The van der Waals surface area contributed by atoms with Crippen molar-refractivity contribution in [1.29, 1.82) is 0 Å². The summed E-state index contributed by atoms with van der Waals surface area (Å²) >= 11 is 1.35. The number of rotatable bonds is 6. The number of Topliss-reactive ketones (excluding diaryl/α,β-unsaturated/α-hetero) is 1. The highest BCUT2D eigenvalue weighted by Gasteiger charge is 2.25. The van der Waals surface area contributed by atoms with E-state index in [0.29, 0.717) is 23.9 Å². The highest BCUT2D eigenvalue weighted by Crippen LogP contribution is 2.30. The minimum Gasteiger partial charge on any atom is -0.378 e. The summed E-state index contributed by atoms with van der Waals surface area (Å²) in [6.45, 7) is 4.58. The van der Waals surface area contributed by atoms with Gasteiger partial charge in [-0.3, -0.25) is 9.36 Å². The number of aromatic nitrogens is 3. The van der Waals surface area contributed by atoms with Gasteiger partial charge in [-0.25, -0.2) is 4.39 Å². The second kappa shape index (κ2) is 8.75. The molecule has 0 bridgehead atoms. The van der Waals surface area contributed by atoms with Crippen molar-refractivity contribution in [2.24, 2.45) is 0 Å². The monoisotopic (exact) mass is 412 g/mol. The molecule has 0 saturated carbocycles. The highest BCUT2D eigenvalue weighted by atomic mass is 32.2. The third-order valence-corrected chi connectivity index (χ3v) is 5.75. The van der Waals surface area contributed by atoms with Gasteiger partial charge in [0.1, 0.15) is 5.82 Å². The van der Waals surface area contributed by atoms with Gasteiger partial charge >= 0.3 is 0 Å². The quantitative estimate of drug-likeness (QED) is 0.455. The number of morpholine rings is 1. The Morgan fingerprint density at radius 2 is 1.76 bits per heavy atom. The van der Waals surface area contributed by atoms with Crippen molar-refractivity contribution in [3.05, 3.63) is 66.0 Å². The number of ketones is 1. The Labute approximate surface area is 172 Å². The van der Waals surface area contributed by atoms with Gasteiger partial charge in [-0.2, -0.15) is 0 Å². The zero-order valence-corrected chi connectivity index (χ0v) is 16.8.